The molecule has 0 aliphatic heterocycles. The first-order valence-electron chi connectivity index (χ1n) is 6.37. The van der Waals surface area contributed by atoms with Gasteiger partial charge in [-0.1, -0.05) is 6.92 Å². The third-order valence-corrected chi connectivity index (χ3v) is 3.49. The number of anilines is 2. The molecule has 0 unspecified atom stereocenters. The largest absolute Gasteiger partial charge is 0.383 e. The van der Waals surface area contributed by atoms with Crippen molar-refractivity contribution in [1.82, 2.24) is 14.5 Å². The van der Waals surface area contributed by atoms with Crippen molar-refractivity contribution in [2.24, 2.45) is 0 Å². The van der Waals surface area contributed by atoms with Crippen LogP contribution in [0.4, 0.5) is 11.5 Å². The Kier molecular flexibility index (Phi) is 4.57. The van der Waals surface area contributed by atoms with E-state index in [-0.39, 0.29) is 11.5 Å². The molecule has 0 saturated carbocycles. The number of hydrogen-bond donors (Lipinski definition) is 3. The van der Waals surface area contributed by atoms with Gasteiger partial charge < -0.3 is 11.1 Å². The maximum atomic E-state index is 11.8. The summed E-state index contributed by atoms with van der Waals surface area (Å²) in [6, 6.07) is 0. The molecule has 2 aromatic heterocycles. The molecule has 0 spiro atoms. The van der Waals surface area contributed by atoms with E-state index in [0.29, 0.717) is 19.5 Å². The average Bonchev–Trinajstić information content (AvgIpc) is 2.91. The van der Waals surface area contributed by atoms with Crippen LogP contribution >= 0.6 is 11.3 Å². The smallest absolute Gasteiger partial charge is 0.330 e. The Morgan fingerprint density at radius 3 is 2.95 bits per heavy atom. The van der Waals surface area contributed by atoms with E-state index in [1.54, 1.807) is 5.51 Å². The van der Waals surface area contributed by atoms with E-state index in [4.69, 9.17) is 5.73 Å². The molecular formula is C12H17N5O2S. The lowest BCUT2D eigenvalue weighted by molar-refractivity contribution is 0.642. The van der Waals surface area contributed by atoms with Crippen molar-refractivity contribution in [1.29, 1.82) is 0 Å². The van der Waals surface area contributed by atoms with E-state index in [9.17, 15) is 9.59 Å². The van der Waals surface area contributed by atoms with Crippen molar-refractivity contribution in [3.63, 3.8) is 0 Å². The molecule has 0 aromatic carbocycles. The minimum absolute atomic E-state index is 0.180. The lowest BCUT2D eigenvalue weighted by atomic mass is 10.3. The highest BCUT2D eigenvalue weighted by atomic mass is 32.1. The number of hydrogen-bond acceptors (Lipinski definition) is 6. The summed E-state index contributed by atoms with van der Waals surface area (Å²) < 4.78 is 1.37. The summed E-state index contributed by atoms with van der Waals surface area (Å²) in [5.74, 6) is 0.180. The van der Waals surface area contributed by atoms with Gasteiger partial charge in [-0.25, -0.2) is 9.78 Å². The molecule has 108 valence electrons. The number of H-pyrrole nitrogens is 1. The van der Waals surface area contributed by atoms with Gasteiger partial charge in [-0.05, 0) is 6.42 Å². The molecular weight excluding hydrogens is 278 g/mol. The van der Waals surface area contributed by atoms with Gasteiger partial charge in [0.2, 0.25) is 0 Å². The zero-order valence-electron chi connectivity index (χ0n) is 11.2. The van der Waals surface area contributed by atoms with E-state index in [1.165, 1.54) is 15.9 Å². The summed E-state index contributed by atoms with van der Waals surface area (Å²) in [5.41, 5.74) is 7.90. The van der Waals surface area contributed by atoms with Crippen LogP contribution < -0.4 is 22.3 Å². The van der Waals surface area contributed by atoms with Crippen LogP contribution in [0.2, 0.25) is 0 Å². The maximum absolute atomic E-state index is 11.8. The molecule has 0 aliphatic rings. The van der Waals surface area contributed by atoms with Gasteiger partial charge in [-0.3, -0.25) is 14.3 Å². The first kappa shape index (κ1) is 14.3. The fourth-order valence-corrected chi connectivity index (χ4v) is 2.47. The molecule has 0 bridgehead atoms. The number of nitrogens with zero attached hydrogens (tertiary/aromatic N) is 2. The Morgan fingerprint density at radius 2 is 2.30 bits per heavy atom. The van der Waals surface area contributed by atoms with Gasteiger partial charge in [0.1, 0.15) is 11.5 Å². The summed E-state index contributed by atoms with van der Waals surface area (Å²) in [6.45, 7) is 2.94. The lowest BCUT2D eigenvalue weighted by Gasteiger charge is -2.12. The average molecular weight is 295 g/mol. The van der Waals surface area contributed by atoms with Gasteiger partial charge in [-0.15, -0.1) is 11.3 Å². The predicted molar refractivity (Wildman–Crippen MR) is 80.3 cm³/mol. The minimum Gasteiger partial charge on any atom is -0.383 e. The van der Waals surface area contributed by atoms with Crippen LogP contribution in [0.3, 0.4) is 0 Å². The maximum Gasteiger partial charge on any atom is 0.330 e. The second-order valence-corrected chi connectivity index (χ2v) is 5.05. The third kappa shape index (κ3) is 3.08. The van der Waals surface area contributed by atoms with Crippen molar-refractivity contribution in [2.45, 2.75) is 26.3 Å². The summed E-state index contributed by atoms with van der Waals surface area (Å²) in [7, 11) is 0. The SMILES string of the molecule is CCCn1c(N)c(NCCc2cscn2)c(=O)[nH]c1=O. The Labute approximate surface area is 119 Å². The summed E-state index contributed by atoms with van der Waals surface area (Å²) in [6.07, 6.45) is 1.45. The second-order valence-electron chi connectivity index (χ2n) is 4.33. The van der Waals surface area contributed by atoms with Crippen LogP contribution in [0.1, 0.15) is 19.0 Å². The molecule has 20 heavy (non-hydrogen) atoms. The normalized spacial score (nSPS) is 10.7. The summed E-state index contributed by atoms with van der Waals surface area (Å²) >= 11 is 1.53. The highest BCUT2D eigenvalue weighted by Gasteiger charge is 2.11. The van der Waals surface area contributed by atoms with Crippen LogP contribution in [0, 0.1) is 0 Å². The molecule has 2 aromatic rings. The fourth-order valence-electron chi connectivity index (χ4n) is 1.88. The Bertz CT molecular complexity index is 674. The third-order valence-electron chi connectivity index (χ3n) is 2.85. The highest BCUT2D eigenvalue weighted by Crippen LogP contribution is 2.10. The Hall–Kier alpha value is -2.09. The number of aromatic amines is 1. The van der Waals surface area contributed by atoms with Crippen molar-refractivity contribution < 1.29 is 0 Å². The molecule has 2 heterocycles. The number of rotatable bonds is 6. The van der Waals surface area contributed by atoms with Gasteiger partial charge in [-0.2, -0.15) is 0 Å². The van der Waals surface area contributed by atoms with E-state index in [2.05, 4.69) is 15.3 Å². The zero-order valence-corrected chi connectivity index (χ0v) is 12.0. The molecule has 0 radical (unpaired) electrons. The van der Waals surface area contributed by atoms with Gasteiger partial charge in [0, 0.05) is 24.9 Å². The topological polar surface area (TPSA) is 106 Å². The molecule has 4 N–H and O–H groups in total. The van der Waals surface area contributed by atoms with E-state index in [0.717, 1.165) is 12.1 Å². The number of nitrogens with one attached hydrogen (secondary N) is 2. The van der Waals surface area contributed by atoms with E-state index >= 15 is 0 Å². The summed E-state index contributed by atoms with van der Waals surface area (Å²) in [5, 5.41) is 4.93. The number of nitrogen functional groups attached to an aromatic ring is 1. The molecule has 0 aliphatic carbocycles. The van der Waals surface area contributed by atoms with E-state index in [1.807, 2.05) is 12.3 Å². The van der Waals surface area contributed by atoms with Gasteiger partial charge in [0.15, 0.2) is 0 Å². The zero-order chi connectivity index (χ0) is 14.5. The van der Waals surface area contributed by atoms with Crippen molar-refractivity contribution in [3.8, 4) is 0 Å². The fraction of sp³-hybridized carbons (Fsp3) is 0.417. The van der Waals surface area contributed by atoms with Crippen molar-refractivity contribution in [3.05, 3.63) is 37.4 Å². The van der Waals surface area contributed by atoms with Crippen LogP contribution in [0.15, 0.2) is 20.5 Å². The van der Waals surface area contributed by atoms with Crippen LogP contribution in [-0.4, -0.2) is 21.1 Å². The quantitative estimate of drug-likeness (QED) is 0.725. The molecule has 0 saturated heterocycles. The first-order valence-corrected chi connectivity index (χ1v) is 7.31. The second kappa shape index (κ2) is 6.38. The van der Waals surface area contributed by atoms with Gasteiger partial charge in [0.25, 0.3) is 5.56 Å². The van der Waals surface area contributed by atoms with Crippen LogP contribution in [0.5, 0.6) is 0 Å². The van der Waals surface area contributed by atoms with Gasteiger partial charge >= 0.3 is 5.69 Å². The van der Waals surface area contributed by atoms with E-state index < -0.39 is 11.2 Å². The molecule has 2 rings (SSSR count). The van der Waals surface area contributed by atoms with Crippen LogP contribution in [0.25, 0.3) is 0 Å². The molecule has 0 amide bonds. The Morgan fingerprint density at radius 1 is 1.50 bits per heavy atom. The van der Waals surface area contributed by atoms with Crippen molar-refractivity contribution in [2.75, 3.05) is 17.6 Å². The summed E-state index contributed by atoms with van der Waals surface area (Å²) in [4.78, 5) is 29.9. The number of nitrogens with two attached hydrogens (primary N) is 1. The van der Waals surface area contributed by atoms with Gasteiger partial charge in [0.05, 0.1) is 11.2 Å². The van der Waals surface area contributed by atoms with Crippen molar-refractivity contribution >= 4 is 22.8 Å². The monoisotopic (exact) mass is 295 g/mol. The minimum atomic E-state index is -0.488. The Balaban J connectivity index is 2.16. The number of thiazole rings is 1. The molecule has 0 fully saturated rings. The standard InChI is InChI=1S/C12H17N5O2S/c1-2-5-17-10(13)9(11(18)16-12(17)19)14-4-3-8-6-20-7-15-8/h6-7,14H,2-5,13H2,1H3,(H,16,18,19). The molecule has 7 nitrogen and oxygen atoms in total. The highest BCUT2D eigenvalue weighted by molar-refractivity contribution is 7.07. The first-order chi connectivity index (χ1) is 9.63. The molecule has 0 atom stereocenters. The lowest BCUT2D eigenvalue weighted by Crippen LogP contribution is -2.34. The predicted octanol–water partition coefficient (Wildman–Crippen LogP) is 0.640. The number of aromatic nitrogens is 3. The van der Waals surface area contributed by atoms with Crippen LogP contribution in [-0.2, 0) is 13.0 Å². The molecule has 8 heteroatoms.